The second-order valence-electron chi connectivity index (χ2n) is 6.75. The number of nitrogens with zero attached hydrogens (tertiary/aromatic N) is 2. The number of amides is 2. The number of oxime groups is 1. The Morgan fingerprint density at radius 3 is 2.66 bits per heavy atom. The van der Waals surface area contributed by atoms with Gasteiger partial charge in [0.2, 0.25) is 0 Å². The lowest BCUT2D eigenvalue weighted by Gasteiger charge is -2.25. The number of alkyl halides is 3. The molecule has 0 fully saturated rings. The minimum atomic E-state index is -4.43. The highest BCUT2D eigenvalue weighted by Gasteiger charge is 2.31. The highest BCUT2D eigenvalue weighted by molar-refractivity contribution is 6.01. The molecule has 1 heterocycles. The summed E-state index contributed by atoms with van der Waals surface area (Å²) in [6.07, 6.45) is -4.28. The second-order valence-corrected chi connectivity index (χ2v) is 6.75. The first-order valence-electron chi connectivity index (χ1n) is 9.34. The van der Waals surface area contributed by atoms with Crippen LogP contribution in [0.1, 0.15) is 30.0 Å². The fourth-order valence-electron chi connectivity index (χ4n) is 3.12. The maximum atomic E-state index is 13.0. The van der Waals surface area contributed by atoms with Crippen LogP contribution in [0.15, 0.2) is 59.8 Å². The Hall–Kier alpha value is -3.03. The summed E-state index contributed by atoms with van der Waals surface area (Å²) in [7, 11) is 0. The number of nitrogens with one attached hydrogen (secondary N) is 1. The Morgan fingerprint density at radius 2 is 1.97 bits per heavy atom. The van der Waals surface area contributed by atoms with Gasteiger partial charge in [0.05, 0.1) is 17.8 Å². The molecule has 2 amide bonds. The number of rotatable bonds is 6. The maximum absolute atomic E-state index is 13.0. The molecular formula is C21H22F3N3O2. The average molecular weight is 405 g/mol. The Balaban J connectivity index is 1.70. The van der Waals surface area contributed by atoms with Crippen molar-refractivity contribution in [3.05, 3.63) is 71.3 Å². The molecule has 0 saturated carbocycles. The molecule has 5 nitrogen and oxygen atoms in total. The van der Waals surface area contributed by atoms with Crippen LogP contribution in [0.5, 0.6) is 0 Å². The van der Waals surface area contributed by atoms with E-state index >= 15 is 0 Å². The summed E-state index contributed by atoms with van der Waals surface area (Å²) in [6, 6.07) is 14.2. The van der Waals surface area contributed by atoms with Gasteiger partial charge >= 0.3 is 12.2 Å². The predicted molar refractivity (Wildman–Crippen MR) is 103 cm³/mol. The van der Waals surface area contributed by atoms with Gasteiger partial charge in [0.25, 0.3) is 0 Å². The molecule has 3 rings (SSSR count). The van der Waals surface area contributed by atoms with Crippen LogP contribution in [-0.2, 0) is 17.6 Å². The second kappa shape index (κ2) is 8.98. The van der Waals surface area contributed by atoms with Gasteiger partial charge in [-0.1, -0.05) is 47.6 Å². The number of benzene rings is 2. The van der Waals surface area contributed by atoms with Gasteiger partial charge in [0.15, 0.2) is 6.10 Å². The molecule has 2 aromatic carbocycles. The Kier molecular flexibility index (Phi) is 6.41. The van der Waals surface area contributed by atoms with E-state index in [-0.39, 0.29) is 25.2 Å². The maximum Gasteiger partial charge on any atom is 0.416 e. The third-order valence-electron chi connectivity index (χ3n) is 4.51. The van der Waals surface area contributed by atoms with Crippen molar-refractivity contribution >= 4 is 11.7 Å². The number of carbonyl (C=O) groups is 1. The molecule has 0 aliphatic carbocycles. The Labute approximate surface area is 167 Å². The van der Waals surface area contributed by atoms with E-state index in [0.29, 0.717) is 18.5 Å². The van der Waals surface area contributed by atoms with Crippen LogP contribution in [0.25, 0.3) is 0 Å². The topological polar surface area (TPSA) is 53.9 Å². The Bertz CT molecular complexity index is 869. The fraction of sp³-hybridized carbons (Fsp3) is 0.333. The lowest BCUT2D eigenvalue weighted by molar-refractivity contribution is -0.137. The minimum absolute atomic E-state index is 0.0380. The first-order valence-corrected chi connectivity index (χ1v) is 9.34. The molecule has 0 saturated heterocycles. The fourth-order valence-corrected chi connectivity index (χ4v) is 3.12. The Morgan fingerprint density at radius 1 is 1.21 bits per heavy atom. The first kappa shape index (κ1) is 20.7. The van der Waals surface area contributed by atoms with Crippen molar-refractivity contribution in [2.75, 3.05) is 13.1 Å². The van der Waals surface area contributed by atoms with Crippen LogP contribution >= 0.6 is 0 Å². The molecule has 154 valence electrons. The molecule has 1 aliphatic heterocycles. The summed E-state index contributed by atoms with van der Waals surface area (Å²) in [5, 5.41) is 6.81. The lowest BCUT2D eigenvalue weighted by Crippen LogP contribution is -2.43. The van der Waals surface area contributed by atoms with Crippen molar-refractivity contribution in [3.63, 3.8) is 0 Å². The van der Waals surface area contributed by atoms with E-state index in [1.165, 1.54) is 11.0 Å². The van der Waals surface area contributed by atoms with Gasteiger partial charge in [-0.25, -0.2) is 4.79 Å². The van der Waals surface area contributed by atoms with Crippen molar-refractivity contribution in [1.82, 2.24) is 10.2 Å². The third-order valence-corrected chi connectivity index (χ3v) is 4.51. The summed E-state index contributed by atoms with van der Waals surface area (Å²) in [5.74, 6) is 0. The van der Waals surface area contributed by atoms with E-state index in [2.05, 4.69) is 10.5 Å². The first-order chi connectivity index (χ1) is 13.9. The molecule has 1 atom stereocenters. The van der Waals surface area contributed by atoms with Crippen molar-refractivity contribution in [1.29, 1.82) is 0 Å². The van der Waals surface area contributed by atoms with Crippen molar-refractivity contribution in [2.45, 2.75) is 32.2 Å². The molecule has 1 N–H and O–H groups in total. The SMILES string of the molecule is CCNC(=O)N(Cc1cccc(C(F)(F)F)c1)C[C@H]1CC(c2ccccc2)=NO1. The number of carbonyl (C=O) groups excluding carboxylic acids is 1. The largest absolute Gasteiger partial charge is 0.416 e. The van der Waals surface area contributed by atoms with Gasteiger partial charge in [0.1, 0.15) is 0 Å². The van der Waals surface area contributed by atoms with Crippen LogP contribution in [0.2, 0.25) is 0 Å². The molecule has 0 unspecified atom stereocenters. The van der Waals surface area contributed by atoms with E-state index in [0.717, 1.165) is 23.4 Å². The average Bonchev–Trinajstić information content (AvgIpc) is 3.16. The summed E-state index contributed by atoms with van der Waals surface area (Å²) in [5.41, 5.74) is 1.38. The molecule has 29 heavy (non-hydrogen) atoms. The minimum Gasteiger partial charge on any atom is -0.390 e. The van der Waals surface area contributed by atoms with Crippen LogP contribution in [0.4, 0.5) is 18.0 Å². The van der Waals surface area contributed by atoms with Crippen LogP contribution in [-0.4, -0.2) is 35.8 Å². The van der Waals surface area contributed by atoms with Crippen molar-refractivity contribution in [2.24, 2.45) is 5.16 Å². The monoisotopic (exact) mass is 405 g/mol. The molecule has 8 heteroatoms. The van der Waals surface area contributed by atoms with Gasteiger partial charge in [-0.05, 0) is 30.2 Å². The highest BCUT2D eigenvalue weighted by Crippen LogP contribution is 2.30. The van der Waals surface area contributed by atoms with Gasteiger partial charge in [-0.2, -0.15) is 13.2 Å². The molecular weight excluding hydrogens is 383 g/mol. The van der Waals surface area contributed by atoms with E-state index in [1.807, 2.05) is 30.3 Å². The van der Waals surface area contributed by atoms with Crippen LogP contribution in [0, 0.1) is 0 Å². The van der Waals surface area contributed by atoms with E-state index in [4.69, 9.17) is 4.84 Å². The molecule has 1 aliphatic rings. The zero-order valence-electron chi connectivity index (χ0n) is 15.9. The number of hydrogen-bond acceptors (Lipinski definition) is 3. The number of hydrogen-bond donors (Lipinski definition) is 1. The van der Waals surface area contributed by atoms with E-state index in [9.17, 15) is 18.0 Å². The van der Waals surface area contributed by atoms with Gasteiger partial charge in [0, 0.05) is 19.5 Å². The molecule has 0 spiro atoms. The smallest absolute Gasteiger partial charge is 0.390 e. The zero-order valence-corrected chi connectivity index (χ0v) is 15.9. The summed E-state index contributed by atoms with van der Waals surface area (Å²) in [6.45, 7) is 2.44. The zero-order chi connectivity index (χ0) is 20.9. The third kappa shape index (κ3) is 5.49. The molecule has 0 aromatic heterocycles. The van der Waals surface area contributed by atoms with Gasteiger partial charge in [-0.15, -0.1) is 0 Å². The standard InChI is InChI=1S/C21H22F3N3O2/c1-2-25-20(28)27(13-15-7-6-10-17(11-15)21(22,23)24)14-18-12-19(26-29-18)16-8-4-3-5-9-16/h3-11,18H,2,12-14H2,1H3,(H,25,28)/t18-/m1/s1. The highest BCUT2D eigenvalue weighted by atomic mass is 19.4. The quantitative estimate of drug-likeness (QED) is 0.773. The number of urea groups is 1. The summed E-state index contributed by atoms with van der Waals surface area (Å²) in [4.78, 5) is 19.4. The number of halogens is 3. The summed E-state index contributed by atoms with van der Waals surface area (Å²) >= 11 is 0. The van der Waals surface area contributed by atoms with Crippen LogP contribution < -0.4 is 5.32 Å². The van der Waals surface area contributed by atoms with Crippen molar-refractivity contribution < 1.29 is 22.8 Å². The summed E-state index contributed by atoms with van der Waals surface area (Å²) < 4.78 is 39.0. The normalized spacial score (nSPS) is 16.1. The van der Waals surface area contributed by atoms with E-state index < -0.39 is 11.7 Å². The van der Waals surface area contributed by atoms with Gasteiger partial charge in [-0.3, -0.25) is 0 Å². The molecule has 2 aromatic rings. The van der Waals surface area contributed by atoms with Crippen LogP contribution in [0.3, 0.4) is 0 Å². The van der Waals surface area contributed by atoms with E-state index in [1.54, 1.807) is 13.0 Å². The molecule has 0 radical (unpaired) electrons. The van der Waals surface area contributed by atoms with Crippen molar-refractivity contribution in [3.8, 4) is 0 Å². The van der Waals surface area contributed by atoms with Gasteiger partial charge < -0.3 is 15.1 Å². The molecule has 0 bridgehead atoms. The lowest BCUT2D eigenvalue weighted by atomic mass is 10.0. The predicted octanol–water partition coefficient (Wildman–Crippen LogP) is 4.43.